The van der Waals surface area contributed by atoms with Crippen molar-refractivity contribution in [3.8, 4) is 6.07 Å². The topological polar surface area (TPSA) is 82.0 Å². The quantitative estimate of drug-likeness (QED) is 0.832. The predicted molar refractivity (Wildman–Crippen MR) is 77.5 cm³/mol. The third kappa shape index (κ3) is 3.22. The van der Waals surface area contributed by atoms with Crippen molar-refractivity contribution in [2.75, 3.05) is 10.6 Å². The maximum atomic E-state index is 11.7. The molecule has 2 N–H and O–H groups in total. The van der Waals surface area contributed by atoms with Gasteiger partial charge < -0.3 is 10.6 Å². The summed E-state index contributed by atoms with van der Waals surface area (Å²) in [5, 5.41) is 17.3. The molecule has 100 valence electrons. The highest BCUT2D eigenvalue weighted by Crippen LogP contribution is 2.19. The third-order valence-electron chi connectivity index (χ3n) is 2.58. The Labute approximate surface area is 119 Å². The Morgan fingerprint density at radius 1 is 1.10 bits per heavy atom. The van der Waals surface area contributed by atoms with E-state index in [0.717, 1.165) is 5.56 Å². The Kier molecular flexibility index (Phi) is 4.13. The third-order valence-corrected chi connectivity index (χ3v) is 3.44. The molecule has 6 heteroatoms. The molecule has 0 radical (unpaired) electrons. The molecule has 1 heterocycles. The fourth-order valence-corrected chi connectivity index (χ4v) is 2.26. The van der Waals surface area contributed by atoms with Gasteiger partial charge in [-0.05, 0) is 42.1 Å². The molecule has 0 atom stereocenters. The van der Waals surface area contributed by atoms with Gasteiger partial charge in [0.15, 0.2) is 0 Å². The van der Waals surface area contributed by atoms with Crippen LogP contribution in [0.5, 0.6) is 0 Å². The van der Waals surface area contributed by atoms with Crippen LogP contribution in [-0.2, 0) is 9.59 Å². The van der Waals surface area contributed by atoms with Crippen molar-refractivity contribution < 1.29 is 9.59 Å². The second kappa shape index (κ2) is 5.99. The fraction of sp³-hybridized carbons (Fsp3) is 0.0714. The van der Waals surface area contributed by atoms with E-state index in [4.69, 9.17) is 5.26 Å². The molecule has 0 aliphatic rings. The van der Waals surface area contributed by atoms with E-state index in [-0.39, 0.29) is 0 Å². The molecule has 5 nitrogen and oxygen atoms in total. The van der Waals surface area contributed by atoms with E-state index >= 15 is 0 Å². The SMILES string of the molecule is Cc1cscc1NC(=O)C(=O)Nc1ccc(C#N)cc1. The van der Waals surface area contributed by atoms with Gasteiger partial charge in [-0.15, -0.1) is 11.3 Å². The zero-order valence-corrected chi connectivity index (χ0v) is 11.5. The normalized spacial score (nSPS) is 9.60. The van der Waals surface area contributed by atoms with Crippen LogP contribution in [0.2, 0.25) is 0 Å². The molecule has 0 fully saturated rings. The summed E-state index contributed by atoms with van der Waals surface area (Å²) in [6, 6.07) is 8.25. The van der Waals surface area contributed by atoms with Crippen LogP contribution < -0.4 is 10.6 Å². The molecule has 0 unspecified atom stereocenters. The number of benzene rings is 1. The van der Waals surface area contributed by atoms with Crippen LogP contribution in [0.15, 0.2) is 35.0 Å². The van der Waals surface area contributed by atoms with Gasteiger partial charge >= 0.3 is 11.8 Å². The Morgan fingerprint density at radius 3 is 2.30 bits per heavy atom. The average molecular weight is 285 g/mol. The molecule has 2 aromatic rings. The van der Waals surface area contributed by atoms with Crippen LogP contribution in [0.3, 0.4) is 0 Å². The standard InChI is InChI=1S/C14H11N3O2S/c1-9-7-20-8-12(9)17-14(19)13(18)16-11-4-2-10(6-15)3-5-11/h2-5,7-8H,1H3,(H,16,18)(H,17,19). The maximum absolute atomic E-state index is 11.7. The van der Waals surface area contributed by atoms with Crippen molar-refractivity contribution in [3.63, 3.8) is 0 Å². The van der Waals surface area contributed by atoms with E-state index in [9.17, 15) is 9.59 Å². The number of nitrogens with one attached hydrogen (secondary N) is 2. The molecular formula is C14H11N3O2S. The van der Waals surface area contributed by atoms with Crippen molar-refractivity contribution in [2.24, 2.45) is 0 Å². The number of hydrogen-bond acceptors (Lipinski definition) is 4. The van der Waals surface area contributed by atoms with Gasteiger partial charge in [0.25, 0.3) is 0 Å². The number of carbonyl (C=O) groups is 2. The first-order valence-corrected chi connectivity index (χ1v) is 6.69. The zero-order chi connectivity index (χ0) is 14.5. The van der Waals surface area contributed by atoms with E-state index in [1.54, 1.807) is 29.6 Å². The predicted octanol–water partition coefficient (Wildman–Crippen LogP) is 2.51. The van der Waals surface area contributed by atoms with Crippen LogP contribution in [0.4, 0.5) is 11.4 Å². The minimum Gasteiger partial charge on any atom is -0.318 e. The first-order valence-electron chi connectivity index (χ1n) is 5.75. The molecule has 20 heavy (non-hydrogen) atoms. The van der Waals surface area contributed by atoms with Gasteiger partial charge in [0.05, 0.1) is 17.3 Å². The van der Waals surface area contributed by atoms with Gasteiger partial charge in [-0.25, -0.2) is 0 Å². The maximum Gasteiger partial charge on any atom is 0.314 e. The highest BCUT2D eigenvalue weighted by Gasteiger charge is 2.15. The zero-order valence-electron chi connectivity index (χ0n) is 10.6. The molecule has 2 rings (SSSR count). The van der Waals surface area contributed by atoms with E-state index < -0.39 is 11.8 Å². The summed E-state index contributed by atoms with van der Waals surface area (Å²) in [7, 11) is 0. The summed E-state index contributed by atoms with van der Waals surface area (Å²) in [5.74, 6) is -1.48. The Balaban J connectivity index is 1.99. The second-order valence-corrected chi connectivity index (χ2v) is 4.81. The summed E-state index contributed by atoms with van der Waals surface area (Å²) < 4.78 is 0. The van der Waals surface area contributed by atoms with Crippen molar-refractivity contribution in [2.45, 2.75) is 6.92 Å². The van der Waals surface area contributed by atoms with Crippen LogP contribution in [-0.4, -0.2) is 11.8 Å². The number of rotatable bonds is 2. The van der Waals surface area contributed by atoms with Gasteiger partial charge in [-0.3, -0.25) is 9.59 Å². The lowest BCUT2D eigenvalue weighted by Gasteiger charge is -2.06. The van der Waals surface area contributed by atoms with E-state index in [2.05, 4.69) is 10.6 Å². The summed E-state index contributed by atoms with van der Waals surface area (Å²) in [5.41, 5.74) is 2.50. The van der Waals surface area contributed by atoms with Crippen LogP contribution >= 0.6 is 11.3 Å². The largest absolute Gasteiger partial charge is 0.318 e. The molecule has 1 aromatic carbocycles. The number of anilines is 2. The van der Waals surface area contributed by atoms with Gasteiger partial charge in [-0.1, -0.05) is 0 Å². The number of aryl methyl sites for hydroxylation is 1. The lowest BCUT2D eigenvalue weighted by atomic mass is 10.2. The number of thiophene rings is 1. The molecule has 0 aliphatic carbocycles. The molecule has 1 aromatic heterocycles. The van der Waals surface area contributed by atoms with Gasteiger partial charge in [-0.2, -0.15) is 5.26 Å². The van der Waals surface area contributed by atoms with Crippen LogP contribution in [0.1, 0.15) is 11.1 Å². The van der Waals surface area contributed by atoms with Crippen LogP contribution in [0, 0.1) is 18.3 Å². The summed E-state index contributed by atoms with van der Waals surface area (Å²) >= 11 is 1.45. The van der Waals surface area contributed by atoms with Gasteiger partial charge in [0.1, 0.15) is 0 Å². The van der Waals surface area contributed by atoms with Crippen molar-refractivity contribution >= 4 is 34.5 Å². The first-order chi connectivity index (χ1) is 9.60. The minimum absolute atomic E-state index is 0.464. The Morgan fingerprint density at radius 2 is 1.75 bits per heavy atom. The van der Waals surface area contributed by atoms with Crippen molar-refractivity contribution in [1.29, 1.82) is 5.26 Å². The molecule has 0 saturated carbocycles. The molecule has 0 saturated heterocycles. The van der Waals surface area contributed by atoms with E-state index in [1.165, 1.54) is 11.3 Å². The highest BCUT2D eigenvalue weighted by molar-refractivity contribution is 7.08. The number of amides is 2. The molecule has 0 spiro atoms. The highest BCUT2D eigenvalue weighted by atomic mass is 32.1. The molecule has 2 amide bonds. The number of hydrogen-bond donors (Lipinski definition) is 2. The summed E-state index contributed by atoms with van der Waals surface area (Å²) in [6.07, 6.45) is 0. The minimum atomic E-state index is -0.750. The van der Waals surface area contributed by atoms with E-state index in [0.29, 0.717) is 16.9 Å². The van der Waals surface area contributed by atoms with Crippen molar-refractivity contribution in [1.82, 2.24) is 0 Å². The molecule has 0 aliphatic heterocycles. The van der Waals surface area contributed by atoms with E-state index in [1.807, 2.05) is 18.4 Å². The molecule has 0 bridgehead atoms. The number of nitrogens with zero attached hydrogens (tertiary/aromatic N) is 1. The number of carbonyl (C=O) groups excluding carboxylic acids is 2. The lowest BCUT2D eigenvalue weighted by molar-refractivity contribution is -0.132. The fourth-order valence-electron chi connectivity index (χ4n) is 1.48. The smallest absolute Gasteiger partial charge is 0.314 e. The van der Waals surface area contributed by atoms with Crippen LogP contribution in [0.25, 0.3) is 0 Å². The Hall–Kier alpha value is -2.65. The number of nitriles is 1. The lowest BCUT2D eigenvalue weighted by Crippen LogP contribution is -2.29. The van der Waals surface area contributed by atoms with Gasteiger partial charge in [0, 0.05) is 11.1 Å². The average Bonchev–Trinajstić information content (AvgIpc) is 2.85. The first kappa shape index (κ1) is 13.8. The van der Waals surface area contributed by atoms with Gasteiger partial charge in [0.2, 0.25) is 0 Å². The molecular weight excluding hydrogens is 274 g/mol. The van der Waals surface area contributed by atoms with Crippen molar-refractivity contribution in [3.05, 3.63) is 46.2 Å². The summed E-state index contributed by atoms with van der Waals surface area (Å²) in [6.45, 7) is 1.85. The Bertz CT molecular complexity index is 683. The monoisotopic (exact) mass is 285 g/mol. The second-order valence-electron chi connectivity index (χ2n) is 4.07. The summed E-state index contributed by atoms with van der Waals surface area (Å²) in [4.78, 5) is 23.4.